The number of nitrogens with one attached hydrogen (secondary N) is 2. The molecule has 1 saturated carbocycles. The van der Waals surface area contributed by atoms with Crippen molar-refractivity contribution in [1.29, 1.82) is 0 Å². The Bertz CT molecular complexity index is 933. The van der Waals surface area contributed by atoms with Crippen molar-refractivity contribution in [2.24, 2.45) is 11.8 Å². The molecule has 9 heteroatoms. The molecule has 2 N–H and O–H groups in total. The third-order valence-electron chi connectivity index (χ3n) is 7.48. The van der Waals surface area contributed by atoms with E-state index in [2.05, 4.69) is 17.6 Å². The maximum absolute atomic E-state index is 13.7. The van der Waals surface area contributed by atoms with Gasteiger partial charge >= 0.3 is 6.03 Å². The first-order chi connectivity index (χ1) is 17.7. The van der Waals surface area contributed by atoms with Crippen molar-refractivity contribution in [2.75, 3.05) is 45.7 Å². The standard InChI is InChI=1S/C28H44N4O5/c1-6-14-29-28(35)30-22-12-13-23-24(15-22)37-18-20(3)32(26(33)21-10-8-7-9-11-21)16-19(2)25(36-5)17-31(4)27(23)34/h12-13,15,19-21,25H,6-11,14,16-18H2,1-5H3,(H2,29,30,35)/t19-,20-,25+/m1/s1. The summed E-state index contributed by atoms with van der Waals surface area (Å²) in [7, 11) is 3.40. The summed E-state index contributed by atoms with van der Waals surface area (Å²) in [6.07, 6.45) is 5.83. The number of carbonyl (C=O) groups is 3. The largest absolute Gasteiger partial charge is 0.491 e. The number of amides is 4. The quantitative estimate of drug-likeness (QED) is 0.613. The molecule has 37 heavy (non-hydrogen) atoms. The molecule has 0 spiro atoms. The van der Waals surface area contributed by atoms with Crippen LogP contribution in [0.5, 0.6) is 5.75 Å². The molecule has 0 unspecified atom stereocenters. The van der Waals surface area contributed by atoms with E-state index in [1.807, 2.05) is 18.7 Å². The van der Waals surface area contributed by atoms with Gasteiger partial charge in [0.2, 0.25) is 5.91 Å². The highest BCUT2D eigenvalue weighted by Gasteiger charge is 2.33. The minimum absolute atomic E-state index is 0.0300. The van der Waals surface area contributed by atoms with Gasteiger partial charge in [0.05, 0.1) is 17.7 Å². The molecule has 3 rings (SSSR count). The molecule has 1 heterocycles. The molecule has 3 atom stereocenters. The number of anilines is 1. The molecule has 206 valence electrons. The Morgan fingerprint density at radius 2 is 1.86 bits per heavy atom. The van der Waals surface area contributed by atoms with Crippen molar-refractivity contribution in [3.63, 3.8) is 0 Å². The van der Waals surface area contributed by atoms with Gasteiger partial charge in [-0.15, -0.1) is 0 Å². The minimum Gasteiger partial charge on any atom is -0.491 e. The summed E-state index contributed by atoms with van der Waals surface area (Å²) < 4.78 is 12.0. The highest BCUT2D eigenvalue weighted by atomic mass is 16.5. The summed E-state index contributed by atoms with van der Waals surface area (Å²) in [6, 6.07) is 4.54. The Kier molecular flexibility index (Phi) is 10.6. The predicted molar refractivity (Wildman–Crippen MR) is 144 cm³/mol. The van der Waals surface area contributed by atoms with Crippen molar-refractivity contribution in [3.8, 4) is 5.75 Å². The number of rotatable bonds is 5. The van der Waals surface area contributed by atoms with E-state index < -0.39 is 0 Å². The van der Waals surface area contributed by atoms with Gasteiger partial charge in [0.25, 0.3) is 5.91 Å². The number of carbonyl (C=O) groups excluding carboxylic acids is 3. The van der Waals surface area contributed by atoms with Crippen LogP contribution < -0.4 is 15.4 Å². The van der Waals surface area contributed by atoms with Gasteiger partial charge in [0.1, 0.15) is 12.4 Å². The van der Waals surface area contributed by atoms with E-state index in [1.54, 1.807) is 37.3 Å². The summed E-state index contributed by atoms with van der Waals surface area (Å²) >= 11 is 0. The lowest BCUT2D eigenvalue weighted by Crippen LogP contribution is -2.50. The van der Waals surface area contributed by atoms with Crippen molar-refractivity contribution in [1.82, 2.24) is 15.1 Å². The Morgan fingerprint density at radius 1 is 1.14 bits per heavy atom. The summed E-state index contributed by atoms with van der Waals surface area (Å²) in [5.74, 6) is 0.454. The molecular formula is C28H44N4O5. The number of fused-ring (bicyclic) bond motifs is 1. The maximum atomic E-state index is 13.7. The first kappa shape index (κ1) is 28.8. The van der Waals surface area contributed by atoms with Gasteiger partial charge in [-0.2, -0.15) is 0 Å². The summed E-state index contributed by atoms with van der Waals surface area (Å²) in [5, 5.41) is 5.58. The second-order valence-electron chi connectivity index (χ2n) is 10.5. The van der Waals surface area contributed by atoms with E-state index in [0.29, 0.717) is 36.6 Å². The number of methoxy groups -OCH3 is 1. The van der Waals surface area contributed by atoms with Crippen LogP contribution >= 0.6 is 0 Å². The van der Waals surface area contributed by atoms with E-state index in [1.165, 1.54) is 6.42 Å². The number of hydrogen-bond acceptors (Lipinski definition) is 5. The average molecular weight is 517 g/mol. The minimum atomic E-state index is -0.312. The number of urea groups is 1. The molecule has 0 radical (unpaired) electrons. The second kappa shape index (κ2) is 13.7. The normalized spacial score (nSPS) is 23.8. The first-order valence-corrected chi connectivity index (χ1v) is 13.7. The van der Waals surface area contributed by atoms with E-state index in [9.17, 15) is 14.4 Å². The molecule has 1 aromatic carbocycles. The maximum Gasteiger partial charge on any atom is 0.319 e. The molecule has 1 aromatic rings. The number of hydrogen-bond donors (Lipinski definition) is 2. The number of ether oxygens (including phenoxy) is 2. The van der Waals surface area contributed by atoms with Crippen LogP contribution in [0.15, 0.2) is 18.2 Å². The summed E-state index contributed by atoms with van der Waals surface area (Å²) in [5.41, 5.74) is 0.934. The predicted octanol–water partition coefficient (Wildman–Crippen LogP) is 4.13. The molecule has 9 nitrogen and oxygen atoms in total. The fraction of sp³-hybridized carbons (Fsp3) is 0.679. The zero-order valence-corrected chi connectivity index (χ0v) is 23.0. The van der Waals surface area contributed by atoms with E-state index in [-0.39, 0.29) is 48.4 Å². The highest BCUT2D eigenvalue weighted by molar-refractivity contribution is 5.98. The Labute approximate surface area is 221 Å². The molecule has 2 aliphatic rings. The molecule has 1 fully saturated rings. The summed E-state index contributed by atoms with van der Waals surface area (Å²) in [6.45, 7) is 7.77. The lowest BCUT2D eigenvalue weighted by Gasteiger charge is -2.38. The van der Waals surface area contributed by atoms with Crippen LogP contribution in [0, 0.1) is 11.8 Å². The number of benzene rings is 1. The second-order valence-corrected chi connectivity index (χ2v) is 10.5. The first-order valence-electron chi connectivity index (χ1n) is 13.7. The van der Waals surface area contributed by atoms with Gasteiger partial charge in [0.15, 0.2) is 0 Å². The molecule has 0 saturated heterocycles. The van der Waals surface area contributed by atoms with E-state index in [4.69, 9.17) is 9.47 Å². The van der Waals surface area contributed by atoms with E-state index in [0.717, 1.165) is 32.1 Å². The summed E-state index contributed by atoms with van der Waals surface area (Å²) in [4.78, 5) is 42.8. The zero-order valence-electron chi connectivity index (χ0n) is 23.0. The zero-order chi connectivity index (χ0) is 26.9. The molecular weight excluding hydrogens is 472 g/mol. The van der Waals surface area contributed by atoms with Gasteiger partial charge in [-0.05, 0) is 38.3 Å². The lowest BCUT2D eigenvalue weighted by atomic mass is 9.87. The molecule has 0 aromatic heterocycles. The monoisotopic (exact) mass is 516 g/mol. The fourth-order valence-electron chi connectivity index (χ4n) is 5.15. The third kappa shape index (κ3) is 7.60. The van der Waals surface area contributed by atoms with Gasteiger partial charge in [-0.1, -0.05) is 33.1 Å². The Morgan fingerprint density at radius 3 is 2.54 bits per heavy atom. The van der Waals surface area contributed by atoms with Crippen molar-refractivity contribution >= 4 is 23.5 Å². The molecule has 1 aliphatic heterocycles. The van der Waals surface area contributed by atoms with Crippen LogP contribution in [0.2, 0.25) is 0 Å². The highest BCUT2D eigenvalue weighted by Crippen LogP contribution is 2.29. The Hall–Kier alpha value is -2.81. The topological polar surface area (TPSA) is 100 Å². The van der Waals surface area contributed by atoms with Gasteiger partial charge in [-0.3, -0.25) is 9.59 Å². The number of likely N-dealkylation sites (N-methyl/N-ethyl adjacent to an activating group) is 1. The Balaban J connectivity index is 1.90. The van der Waals surface area contributed by atoms with Crippen LogP contribution in [-0.4, -0.2) is 80.2 Å². The fourth-order valence-corrected chi connectivity index (χ4v) is 5.15. The average Bonchev–Trinajstić information content (AvgIpc) is 2.91. The SMILES string of the molecule is CCCNC(=O)Nc1ccc2c(c1)OC[C@@H](C)N(C(=O)C1CCCCC1)C[C@@H](C)[C@@H](OC)CN(C)C2=O. The van der Waals surface area contributed by atoms with Crippen LogP contribution in [0.3, 0.4) is 0 Å². The van der Waals surface area contributed by atoms with Gasteiger partial charge in [-0.25, -0.2) is 4.79 Å². The molecule has 4 amide bonds. The smallest absolute Gasteiger partial charge is 0.319 e. The lowest BCUT2D eigenvalue weighted by molar-refractivity contribution is -0.141. The van der Waals surface area contributed by atoms with Crippen LogP contribution in [0.25, 0.3) is 0 Å². The van der Waals surface area contributed by atoms with Crippen LogP contribution in [-0.2, 0) is 9.53 Å². The van der Waals surface area contributed by atoms with Crippen molar-refractivity contribution in [2.45, 2.75) is 71.4 Å². The van der Waals surface area contributed by atoms with E-state index >= 15 is 0 Å². The molecule has 0 bridgehead atoms. The van der Waals surface area contributed by atoms with Crippen molar-refractivity contribution in [3.05, 3.63) is 23.8 Å². The van der Waals surface area contributed by atoms with Gasteiger partial charge in [0, 0.05) is 57.4 Å². The van der Waals surface area contributed by atoms with Gasteiger partial charge < -0.3 is 29.9 Å². The third-order valence-corrected chi connectivity index (χ3v) is 7.48. The van der Waals surface area contributed by atoms with Crippen LogP contribution in [0.1, 0.15) is 69.7 Å². The molecule has 1 aliphatic carbocycles. The van der Waals surface area contributed by atoms with Crippen LogP contribution in [0.4, 0.5) is 10.5 Å². The number of nitrogens with zero attached hydrogens (tertiary/aromatic N) is 2. The van der Waals surface area contributed by atoms with Crippen molar-refractivity contribution < 1.29 is 23.9 Å².